The smallest absolute Gasteiger partial charge is 0.220 e. The van der Waals surface area contributed by atoms with Crippen LogP contribution >= 0.6 is 11.6 Å². The Balaban J connectivity index is 1.74. The molecule has 1 saturated heterocycles. The van der Waals surface area contributed by atoms with Crippen molar-refractivity contribution in [3.63, 3.8) is 0 Å². The zero-order chi connectivity index (χ0) is 15.3. The minimum atomic E-state index is 0.0439. The highest BCUT2D eigenvalue weighted by molar-refractivity contribution is 6.30. The van der Waals surface area contributed by atoms with Gasteiger partial charge in [0.15, 0.2) is 0 Å². The van der Waals surface area contributed by atoms with E-state index >= 15 is 0 Å². The first-order valence-electron chi connectivity index (χ1n) is 7.73. The summed E-state index contributed by atoms with van der Waals surface area (Å²) in [7, 11) is 0. The van der Waals surface area contributed by atoms with Crippen LogP contribution in [0.3, 0.4) is 0 Å². The molecule has 0 aliphatic carbocycles. The molecule has 1 amide bonds. The Morgan fingerprint density at radius 3 is 2.71 bits per heavy atom. The lowest BCUT2D eigenvalue weighted by Gasteiger charge is -2.35. The quantitative estimate of drug-likeness (QED) is 0.875. The molecular formula is C17H25ClN2O. The van der Waals surface area contributed by atoms with Gasteiger partial charge in [0.1, 0.15) is 0 Å². The monoisotopic (exact) mass is 308 g/mol. The van der Waals surface area contributed by atoms with Crippen molar-refractivity contribution in [2.24, 2.45) is 0 Å². The summed E-state index contributed by atoms with van der Waals surface area (Å²) in [5, 5.41) is 3.80. The van der Waals surface area contributed by atoms with Gasteiger partial charge >= 0.3 is 0 Å². The van der Waals surface area contributed by atoms with E-state index in [4.69, 9.17) is 11.6 Å². The fraction of sp³-hybridized carbons (Fsp3) is 0.588. The van der Waals surface area contributed by atoms with Gasteiger partial charge in [-0.1, -0.05) is 23.7 Å². The highest BCUT2D eigenvalue weighted by atomic mass is 35.5. The number of hydrogen-bond acceptors (Lipinski definition) is 2. The number of likely N-dealkylation sites (tertiary alicyclic amines) is 1. The summed E-state index contributed by atoms with van der Waals surface area (Å²) in [4.78, 5) is 14.5. The highest BCUT2D eigenvalue weighted by Crippen LogP contribution is 2.20. The molecule has 1 aromatic carbocycles. The number of halogens is 1. The molecule has 116 valence electrons. The van der Waals surface area contributed by atoms with Gasteiger partial charge in [-0.15, -0.1) is 0 Å². The third kappa shape index (κ3) is 5.01. The molecule has 0 unspecified atom stereocenters. The summed E-state index contributed by atoms with van der Waals surface area (Å²) < 4.78 is 0. The van der Waals surface area contributed by atoms with E-state index in [1.807, 2.05) is 24.3 Å². The third-order valence-corrected chi connectivity index (χ3v) is 4.45. The van der Waals surface area contributed by atoms with Crippen molar-refractivity contribution >= 4 is 17.5 Å². The van der Waals surface area contributed by atoms with E-state index < -0.39 is 0 Å². The van der Waals surface area contributed by atoms with Crippen LogP contribution in [0.25, 0.3) is 0 Å². The largest absolute Gasteiger partial charge is 0.354 e. The number of carbonyl (C=O) groups is 1. The van der Waals surface area contributed by atoms with Crippen LogP contribution in [0.15, 0.2) is 24.3 Å². The molecule has 1 heterocycles. The van der Waals surface area contributed by atoms with Crippen LogP contribution in [0.5, 0.6) is 0 Å². The first-order valence-corrected chi connectivity index (χ1v) is 8.11. The van der Waals surface area contributed by atoms with Crippen LogP contribution < -0.4 is 5.32 Å². The molecule has 0 bridgehead atoms. The molecule has 21 heavy (non-hydrogen) atoms. The van der Waals surface area contributed by atoms with Gasteiger partial charge in [-0.05, 0) is 63.9 Å². The second-order valence-corrected chi connectivity index (χ2v) is 6.85. The van der Waals surface area contributed by atoms with Crippen LogP contribution in [-0.4, -0.2) is 36.0 Å². The van der Waals surface area contributed by atoms with Crippen molar-refractivity contribution in [3.05, 3.63) is 34.9 Å². The van der Waals surface area contributed by atoms with Crippen molar-refractivity contribution in [1.29, 1.82) is 0 Å². The summed E-state index contributed by atoms with van der Waals surface area (Å²) in [5.41, 5.74) is 1.15. The van der Waals surface area contributed by atoms with E-state index in [0.29, 0.717) is 13.0 Å². The lowest BCUT2D eigenvalue weighted by molar-refractivity contribution is -0.121. The summed E-state index contributed by atoms with van der Waals surface area (Å²) >= 11 is 5.95. The molecule has 1 aliphatic heterocycles. The van der Waals surface area contributed by atoms with Crippen LogP contribution in [-0.2, 0) is 11.2 Å². The van der Waals surface area contributed by atoms with E-state index in [1.165, 1.54) is 12.8 Å². The minimum absolute atomic E-state index is 0.0439. The zero-order valence-electron chi connectivity index (χ0n) is 13.0. The Morgan fingerprint density at radius 2 is 2.05 bits per heavy atom. The molecule has 0 saturated carbocycles. The maximum absolute atomic E-state index is 12.0. The second-order valence-electron chi connectivity index (χ2n) is 6.41. The molecule has 1 aromatic rings. The van der Waals surface area contributed by atoms with Crippen LogP contribution in [0.2, 0.25) is 5.02 Å². The normalized spacial score (nSPS) is 16.1. The predicted octanol–water partition coefficient (Wildman–Crippen LogP) is 3.26. The van der Waals surface area contributed by atoms with E-state index in [-0.39, 0.29) is 11.4 Å². The standard InChI is InChI=1S/C17H25ClN2O/c1-17(2,20-10-3-4-11-20)13-19-16(21)9-8-14-6-5-7-15(18)12-14/h5-7,12H,3-4,8-11,13H2,1-2H3,(H,19,21). The van der Waals surface area contributed by atoms with E-state index in [2.05, 4.69) is 24.1 Å². The molecule has 1 aliphatic rings. The molecule has 0 aromatic heterocycles. The lowest BCUT2D eigenvalue weighted by atomic mass is 10.0. The Morgan fingerprint density at radius 1 is 1.33 bits per heavy atom. The topological polar surface area (TPSA) is 32.3 Å². The third-order valence-electron chi connectivity index (χ3n) is 4.21. The number of carbonyl (C=O) groups excluding carboxylic acids is 1. The highest BCUT2D eigenvalue weighted by Gasteiger charge is 2.29. The van der Waals surface area contributed by atoms with E-state index in [0.717, 1.165) is 30.1 Å². The maximum atomic E-state index is 12.0. The average Bonchev–Trinajstić information content (AvgIpc) is 2.98. The zero-order valence-corrected chi connectivity index (χ0v) is 13.7. The summed E-state index contributed by atoms with van der Waals surface area (Å²) in [6.45, 7) is 7.41. The van der Waals surface area contributed by atoms with Gasteiger partial charge < -0.3 is 5.32 Å². The minimum Gasteiger partial charge on any atom is -0.354 e. The summed E-state index contributed by atoms with van der Waals surface area (Å²) in [5.74, 6) is 0.113. The predicted molar refractivity (Wildman–Crippen MR) is 87.7 cm³/mol. The number of nitrogens with zero attached hydrogens (tertiary/aromatic N) is 1. The molecule has 0 spiro atoms. The fourth-order valence-corrected chi connectivity index (χ4v) is 3.00. The first kappa shape index (κ1) is 16.3. The lowest BCUT2D eigenvalue weighted by Crippen LogP contribution is -2.50. The number of aryl methyl sites for hydroxylation is 1. The van der Waals surface area contributed by atoms with Crippen molar-refractivity contribution < 1.29 is 4.79 Å². The van der Waals surface area contributed by atoms with E-state index in [9.17, 15) is 4.79 Å². The number of nitrogens with one attached hydrogen (secondary N) is 1. The van der Waals surface area contributed by atoms with Crippen LogP contribution in [0, 0.1) is 0 Å². The average molecular weight is 309 g/mol. The molecule has 1 N–H and O–H groups in total. The second kappa shape index (κ2) is 7.28. The van der Waals surface area contributed by atoms with Crippen molar-refractivity contribution in [2.75, 3.05) is 19.6 Å². The van der Waals surface area contributed by atoms with Gasteiger partial charge in [-0.25, -0.2) is 0 Å². The molecule has 0 radical (unpaired) electrons. The van der Waals surface area contributed by atoms with Crippen molar-refractivity contribution in [1.82, 2.24) is 10.2 Å². The Labute approximate surface area is 132 Å². The molecule has 2 rings (SSSR count). The van der Waals surface area contributed by atoms with Gasteiger partial charge in [-0.2, -0.15) is 0 Å². The molecular weight excluding hydrogens is 284 g/mol. The van der Waals surface area contributed by atoms with E-state index in [1.54, 1.807) is 0 Å². The molecule has 1 fully saturated rings. The Hall–Kier alpha value is -1.06. The fourth-order valence-electron chi connectivity index (χ4n) is 2.79. The van der Waals surface area contributed by atoms with Gasteiger partial charge in [-0.3, -0.25) is 9.69 Å². The maximum Gasteiger partial charge on any atom is 0.220 e. The number of hydrogen-bond donors (Lipinski definition) is 1. The van der Waals surface area contributed by atoms with Crippen molar-refractivity contribution in [3.8, 4) is 0 Å². The van der Waals surface area contributed by atoms with Crippen LogP contribution in [0.1, 0.15) is 38.7 Å². The van der Waals surface area contributed by atoms with Gasteiger partial charge in [0.2, 0.25) is 5.91 Å². The van der Waals surface area contributed by atoms with Gasteiger partial charge in [0.05, 0.1) is 0 Å². The SMILES string of the molecule is CC(C)(CNC(=O)CCc1cccc(Cl)c1)N1CCCC1. The molecule has 0 atom stereocenters. The number of amides is 1. The van der Waals surface area contributed by atoms with Crippen LogP contribution in [0.4, 0.5) is 0 Å². The first-order chi connectivity index (χ1) is 9.97. The summed E-state index contributed by atoms with van der Waals surface area (Å²) in [6.07, 6.45) is 3.78. The molecule has 4 heteroatoms. The number of rotatable bonds is 6. The number of benzene rings is 1. The summed E-state index contributed by atoms with van der Waals surface area (Å²) in [6, 6.07) is 7.70. The van der Waals surface area contributed by atoms with Gasteiger partial charge in [0, 0.05) is 23.5 Å². The Kier molecular flexibility index (Phi) is 5.65. The van der Waals surface area contributed by atoms with Gasteiger partial charge in [0.25, 0.3) is 0 Å². The van der Waals surface area contributed by atoms with Crippen molar-refractivity contribution in [2.45, 2.75) is 45.1 Å². The Bertz CT molecular complexity index is 481. The molecule has 3 nitrogen and oxygen atoms in total.